The summed E-state index contributed by atoms with van der Waals surface area (Å²) in [5.41, 5.74) is 8.95. The van der Waals surface area contributed by atoms with Gasteiger partial charge in [0.1, 0.15) is 5.75 Å². The van der Waals surface area contributed by atoms with Gasteiger partial charge in [0, 0.05) is 37.2 Å². The lowest BCUT2D eigenvalue weighted by atomic mass is 9.77. The van der Waals surface area contributed by atoms with Crippen LogP contribution in [0.25, 0.3) is 0 Å². The minimum Gasteiger partial charge on any atom is -0.479 e. The third-order valence-electron chi connectivity index (χ3n) is 6.44. The molecule has 0 spiro atoms. The summed E-state index contributed by atoms with van der Waals surface area (Å²) >= 11 is 0. The van der Waals surface area contributed by atoms with E-state index >= 15 is 0 Å². The van der Waals surface area contributed by atoms with Gasteiger partial charge in [0.2, 0.25) is 21.8 Å². The molecule has 0 bridgehead atoms. The van der Waals surface area contributed by atoms with E-state index in [1.54, 1.807) is 25.6 Å². The smallest absolute Gasteiger partial charge is 0.332 e. The maximum Gasteiger partial charge on any atom is 0.332 e. The first-order valence-corrected chi connectivity index (χ1v) is 12.1. The molecular weight excluding hydrogens is 458 g/mol. The summed E-state index contributed by atoms with van der Waals surface area (Å²) in [5.74, 6) is -7.92. The lowest BCUT2D eigenvalue weighted by molar-refractivity contribution is -0.154. The summed E-state index contributed by atoms with van der Waals surface area (Å²) in [5, 5.41) is 22.8. The molecule has 1 aliphatic heterocycles. The number of rotatable bonds is 9. The minimum atomic E-state index is -4.50. The molecule has 1 saturated carbocycles. The van der Waals surface area contributed by atoms with E-state index in [-0.39, 0.29) is 24.5 Å². The lowest BCUT2D eigenvalue weighted by Crippen LogP contribution is -2.66. The quantitative estimate of drug-likeness (QED) is 0.193. The Kier molecular flexibility index (Phi) is 7.76. The molecule has 0 aromatic carbocycles. The van der Waals surface area contributed by atoms with Crippen molar-refractivity contribution >= 4 is 33.7 Å². The minimum absolute atomic E-state index is 0.0539. The van der Waals surface area contributed by atoms with E-state index in [9.17, 15) is 37.8 Å². The van der Waals surface area contributed by atoms with Gasteiger partial charge in [-0.25, -0.2) is 13.2 Å². The third-order valence-corrected chi connectivity index (χ3v) is 7.59. The topological polar surface area (TPSA) is 222 Å². The fourth-order valence-corrected chi connectivity index (χ4v) is 5.38. The highest BCUT2D eigenvalue weighted by Gasteiger charge is 2.63. The lowest BCUT2D eigenvalue weighted by Gasteiger charge is -2.40. The van der Waals surface area contributed by atoms with Crippen LogP contribution in [-0.2, 0) is 29.2 Å². The standard InChI is InChI=1S/C19H31N5O8S/c1-4-9(2)15(20)17(28)23-33(31,32)8-14(26)22-19(18(29)30)12-7-24(3)6-11(16(21)27)10(12)5-13(19)25/h6,9-10,12-13,15,25H,4-5,7-8,20H2,1-3H3,(H2,21,27)(H,22,26)(H,23,28)(H,29,30)/t9-,10?,12?,13-,15-,19+/m0/s1. The number of carboxylic acid groups (broad SMARTS) is 1. The largest absolute Gasteiger partial charge is 0.479 e. The number of aliphatic hydroxyl groups excluding tert-OH is 1. The maximum atomic E-state index is 12.6. The van der Waals surface area contributed by atoms with Gasteiger partial charge in [0.05, 0.1) is 12.1 Å². The van der Waals surface area contributed by atoms with Crippen molar-refractivity contribution in [3.8, 4) is 0 Å². The predicted octanol–water partition coefficient (Wildman–Crippen LogP) is -2.94. The predicted molar refractivity (Wildman–Crippen MR) is 115 cm³/mol. The Hall–Kier alpha value is -2.71. The zero-order valence-electron chi connectivity index (χ0n) is 18.6. The van der Waals surface area contributed by atoms with Crippen LogP contribution >= 0.6 is 0 Å². The number of sulfonamides is 1. The number of primary amides is 1. The van der Waals surface area contributed by atoms with Crippen LogP contribution < -0.4 is 21.5 Å². The van der Waals surface area contributed by atoms with Crippen LogP contribution in [0.2, 0.25) is 0 Å². The van der Waals surface area contributed by atoms with Gasteiger partial charge in [0.15, 0.2) is 5.54 Å². The summed E-state index contributed by atoms with van der Waals surface area (Å²) in [6.45, 7) is 3.49. The Morgan fingerprint density at radius 3 is 2.45 bits per heavy atom. The van der Waals surface area contributed by atoms with E-state index in [1.807, 2.05) is 0 Å². The molecule has 13 nitrogen and oxygen atoms in total. The number of nitrogens with one attached hydrogen (secondary N) is 2. The van der Waals surface area contributed by atoms with Crippen molar-refractivity contribution in [3.05, 3.63) is 11.8 Å². The number of carbonyl (C=O) groups excluding carboxylic acids is 3. The summed E-state index contributed by atoms with van der Waals surface area (Å²) in [6, 6.07) is -1.12. The van der Waals surface area contributed by atoms with Crippen LogP contribution in [0.3, 0.4) is 0 Å². The summed E-state index contributed by atoms with van der Waals surface area (Å²) in [7, 11) is -2.94. The molecular formula is C19H31N5O8S. The van der Waals surface area contributed by atoms with Crippen LogP contribution in [0.5, 0.6) is 0 Å². The SMILES string of the molecule is CC[C@H](C)[C@H](N)C(=O)NS(=O)(=O)CC(=O)N[C@]1(C(=O)O)C2CN(C)C=C(C(N)=O)C2C[C@@H]1O. The van der Waals surface area contributed by atoms with Gasteiger partial charge in [-0.15, -0.1) is 0 Å². The van der Waals surface area contributed by atoms with Crippen LogP contribution in [0, 0.1) is 17.8 Å². The van der Waals surface area contributed by atoms with Crippen LogP contribution in [0.1, 0.15) is 26.7 Å². The zero-order chi connectivity index (χ0) is 25.3. The second-order valence-corrected chi connectivity index (χ2v) is 10.4. The first-order chi connectivity index (χ1) is 15.2. The van der Waals surface area contributed by atoms with E-state index < -0.39 is 69.0 Å². The van der Waals surface area contributed by atoms with Gasteiger partial charge in [-0.1, -0.05) is 20.3 Å². The molecule has 2 rings (SSSR count). The van der Waals surface area contributed by atoms with Crippen LogP contribution in [0.4, 0.5) is 0 Å². The Balaban J connectivity index is 2.25. The van der Waals surface area contributed by atoms with Gasteiger partial charge in [-0.3, -0.25) is 19.1 Å². The monoisotopic (exact) mass is 489 g/mol. The van der Waals surface area contributed by atoms with Crippen LogP contribution in [-0.4, -0.2) is 84.3 Å². The van der Waals surface area contributed by atoms with Crippen molar-refractivity contribution in [2.24, 2.45) is 29.2 Å². The number of hydrogen-bond acceptors (Lipinski definition) is 9. The Morgan fingerprint density at radius 2 is 1.94 bits per heavy atom. The highest BCUT2D eigenvalue weighted by molar-refractivity contribution is 7.90. The van der Waals surface area contributed by atoms with Crippen molar-refractivity contribution in [1.82, 2.24) is 14.9 Å². The molecule has 8 N–H and O–H groups in total. The second kappa shape index (κ2) is 9.65. The highest BCUT2D eigenvalue weighted by atomic mass is 32.2. The molecule has 2 aliphatic rings. The fraction of sp³-hybridized carbons (Fsp3) is 0.684. The first-order valence-electron chi connectivity index (χ1n) is 10.4. The number of aliphatic carboxylic acids is 1. The molecule has 2 unspecified atom stereocenters. The molecule has 0 radical (unpaired) electrons. The van der Waals surface area contributed by atoms with Crippen molar-refractivity contribution in [2.45, 2.75) is 44.4 Å². The van der Waals surface area contributed by atoms with Crippen molar-refractivity contribution in [2.75, 3.05) is 19.3 Å². The van der Waals surface area contributed by atoms with E-state index in [4.69, 9.17) is 11.5 Å². The van der Waals surface area contributed by atoms with Crippen LogP contribution in [0.15, 0.2) is 11.8 Å². The Bertz CT molecular complexity index is 967. The molecule has 1 aliphatic carbocycles. The highest BCUT2D eigenvalue weighted by Crippen LogP contribution is 2.46. The van der Waals surface area contributed by atoms with Gasteiger partial charge in [-0.05, 0) is 12.3 Å². The van der Waals surface area contributed by atoms with Crippen molar-refractivity contribution in [3.63, 3.8) is 0 Å². The third kappa shape index (κ3) is 5.28. The number of carboxylic acids is 1. The number of aliphatic hydroxyl groups is 1. The number of hydrogen-bond donors (Lipinski definition) is 6. The maximum absolute atomic E-state index is 12.6. The molecule has 0 saturated heterocycles. The zero-order valence-corrected chi connectivity index (χ0v) is 19.5. The van der Waals surface area contributed by atoms with Crippen molar-refractivity contribution in [1.29, 1.82) is 0 Å². The van der Waals surface area contributed by atoms with E-state index in [1.165, 1.54) is 11.1 Å². The van der Waals surface area contributed by atoms with Gasteiger partial charge >= 0.3 is 5.97 Å². The van der Waals surface area contributed by atoms with Gasteiger partial charge < -0.3 is 31.9 Å². The summed E-state index contributed by atoms with van der Waals surface area (Å²) < 4.78 is 26.4. The van der Waals surface area contributed by atoms with E-state index in [0.717, 1.165) is 0 Å². The number of nitrogens with two attached hydrogens (primary N) is 2. The Labute approximate surface area is 191 Å². The Morgan fingerprint density at radius 1 is 1.33 bits per heavy atom. The van der Waals surface area contributed by atoms with E-state index in [2.05, 4.69) is 5.32 Å². The molecule has 186 valence electrons. The van der Waals surface area contributed by atoms with Crippen molar-refractivity contribution < 1.29 is 37.8 Å². The summed E-state index contributed by atoms with van der Waals surface area (Å²) in [6.07, 6.45) is 0.176. The molecule has 0 aromatic rings. The van der Waals surface area contributed by atoms with E-state index in [0.29, 0.717) is 6.42 Å². The molecule has 14 heteroatoms. The second-order valence-electron chi connectivity index (χ2n) is 8.71. The molecule has 0 aromatic heterocycles. The molecule has 33 heavy (non-hydrogen) atoms. The number of amides is 3. The first kappa shape index (κ1) is 26.5. The average molecular weight is 490 g/mol. The molecule has 3 amide bonds. The fourth-order valence-electron chi connectivity index (χ4n) is 4.45. The molecule has 1 heterocycles. The summed E-state index contributed by atoms with van der Waals surface area (Å²) in [4.78, 5) is 50.4. The average Bonchev–Trinajstić information content (AvgIpc) is 2.97. The number of carbonyl (C=O) groups is 4. The normalized spacial score (nSPS) is 28.8. The molecule has 1 fully saturated rings. The van der Waals surface area contributed by atoms with Gasteiger partial charge in [0.25, 0.3) is 5.91 Å². The van der Waals surface area contributed by atoms with Gasteiger partial charge in [-0.2, -0.15) is 0 Å². The molecule has 6 atom stereocenters. The number of nitrogens with zero attached hydrogens (tertiary/aromatic N) is 1. The number of fused-ring (bicyclic) bond motifs is 1.